The van der Waals surface area contributed by atoms with Gasteiger partial charge in [0, 0.05) is 28.2 Å². The van der Waals surface area contributed by atoms with Crippen molar-refractivity contribution in [2.45, 2.75) is 33.1 Å². The summed E-state index contributed by atoms with van der Waals surface area (Å²) in [5.74, 6) is 1.16. The van der Waals surface area contributed by atoms with Crippen LogP contribution in [0.15, 0.2) is 85.3 Å². The Morgan fingerprint density at radius 2 is 1.51 bits per heavy atom. The van der Waals surface area contributed by atoms with Crippen molar-refractivity contribution in [3.63, 3.8) is 0 Å². The van der Waals surface area contributed by atoms with Gasteiger partial charge in [-0.15, -0.1) is 22.8 Å². The molecule has 0 atom stereocenters. The third-order valence-corrected chi connectivity index (χ3v) is 7.85. The number of hydrogen-bond acceptors (Lipinski definition) is 5. The van der Waals surface area contributed by atoms with Crippen molar-refractivity contribution in [3.05, 3.63) is 109 Å². The van der Waals surface area contributed by atoms with Crippen LogP contribution in [0.3, 0.4) is 0 Å². The van der Waals surface area contributed by atoms with Crippen LogP contribution in [0.4, 0.5) is 0 Å². The normalized spacial score (nSPS) is 12.0. The molecule has 0 unspecified atom stereocenters. The number of aryl methyl sites for hydroxylation is 1. The first-order chi connectivity index (χ1) is 20.4. The van der Waals surface area contributed by atoms with Gasteiger partial charge in [0.05, 0.1) is 16.9 Å². The predicted octanol–water partition coefficient (Wildman–Crippen LogP) is 7.92. The molecule has 0 amide bonds. The molecule has 0 saturated carbocycles. The van der Waals surface area contributed by atoms with Crippen molar-refractivity contribution in [1.29, 1.82) is 0 Å². The van der Waals surface area contributed by atoms with Gasteiger partial charge in [0.25, 0.3) is 0 Å². The number of para-hydroxylation sites is 2. The quantitative estimate of drug-likeness (QED) is 0.136. The van der Waals surface area contributed by atoms with Gasteiger partial charge < -0.3 is 18.7 Å². The number of nitrogens with zero attached hydrogens (tertiary/aromatic N) is 6. The molecule has 3 aromatic carbocycles. The molecule has 8 rings (SSSR count). The van der Waals surface area contributed by atoms with Crippen molar-refractivity contribution in [3.8, 4) is 17.2 Å². The van der Waals surface area contributed by atoms with Crippen molar-refractivity contribution in [2.75, 3.05) is 0 Å². The fraction of sp³-hybridized carbons (Fsp3) is 0.143. The molecule has 8 heteroatoms. The Morgan fingerprint density at radius 3 is 2.33 bits per heavy atom. The molecule has 0 radical (unpaired) electrons. The Hall–Kier alpha value is -4.61. The van der Waals surface area contributed by atoms with Crippen LogP contribution < -0.4 is 4.74 Å². The van der Waals surface area contributed by atoms with E-state index in [0.29, 0.717) is 17.1 Å². The molecule has 43 heavy (non-hydrogen) atoms. The number of ether oxygens (including phenoxy) is 1. The molecule has 0 bridgehead atoms. The summed E-state index contributed by atoms with van der Waals surface area (Å²) in [5.41, 5.74) is 6.85. The molecule has 8 aromatic rings. The average molecular weight is 742 g/mol. The maximum Gasteiger partial charge on any atom is 2.00 e. The van der Waals surface area contributed by atoms with Crippen LogP contribution in [0.2, 0.25) is 0 Å². The largest absolute Gasteiger partial charge is 2.00 e. The van der Waals surface area contributed by atoms with E-state index >= 15 is 0 Å². The zero-order valence-electron chi connectivity index (χ0n) is 24.0. The number of aromatic nitrogens is 6. The molecule has 0 aliphatic carbocycles. The minimum atomic E-state index is -0.196. The summed E-state index contributed by atoms with van der Waals surface area (Å²) in [6.07, 6.45) is 3.55. The number of hydrogen-bond donors (Lipinski definition) is 0. The topological polar surface area (TPSA) is 70.1 Å². The molecule has 0 N–H and O–H groups in total. The maximum absolute atomic E-state index is 6.71. The van der Waals surface area contributed by atoms with Crippen molar-refractivity contribution in [2.24, 2.45) is 0 Å². The second-order valence-corrected chi connectivity index (χ2v) is 11.6. The maximum atomic E-state index is 6.71. The first-order valence-electron chi connectivity index (χ1n) is 13.9. The number of fused-ring (bicyclic) bond motifs is 9. The molecule has 5 aromatic heterocycles. The summed E-state index contributed by atoms with van der Waals surface area (Å²) in [6.45, 7) is 8.47. The first kappa shape index (κ1) is 27.2. The van der Waals surface area contributed by atoms with E-state index < -0.39 is 0 Å². The minimum Gasteiger partial charge on any atom is -0.501 e. The zero-order chi connectivity index (χ0) is 28.6. The van der Waals surface area contributed by atoms with Crippen LogP contribution in [0.25, 0.3) is 55.1 Å². The van der Waals surface area contributed by atoms with Gasteiger partial charge in [0.1, 0.15) is 12.0 Å². The van der Waals surface area contributed by atoms with E-state index in [2.05, 4.69) is 90.1 Å². The summed E-state index contributed by atoms with van der Waals surface area (Å²) in [7, 11) is 0. The summed E-state index contributed by atoms with van der Waals surface area (Å²) in [5, 5.41) is 12.6. The molecule has 0 aliphatic heterocycles. The fourth-order valence-electron chi connectivity index (χ4n) is 5.87. The van der Waals surface area contributed by atoms with E-state index in [0.717, 1.165) is 60.7 Å². The Balaban J connectivity index is 0.00000300. The Kier molecular flexibility index (Phi) is 6.33. The Bertz CT molecular complexity index is 2290. The van der Waals surface area contributed by atoms with Crippen LogP contribution >= 0.6 is 0 Å². The summed E-state index contributed by atoms with van der Waals surface area (Å²) in [6, 6.07) is 31.9. The number of rotatable bonds is 3. The molecule has 0 spiro atoms. The van der Waals surface area contributed by atoms with Gasteiger partial charge in [0.15, 0.2) is 0 Å². The second-order valence-electron chi connectivity index (χ2n) is 11.6. The third-order valence-electron chi connectivity index (χ3n) is 7.85. The van der Waals surface area contributed by atoms with Gasteiger partial charge >= 0.3 is 21.1 Å². The van der Waals surface area contributed by atoms with Gasteiger partial charge in [-0.2, -0.15) is 11.2 Å². The van der Waals surface area contributed by atoms with Crippen LogP contribution in [0.1, 0.15) is 32.0 Å². The summed E-state index contributed by atoms with van der Waals surface area (Å²) in [4.78, 5) is 9.76. The molecule has 0 aliphatic rings. The first-order valence-corrected chi connectivity index (χ1v) is 13.9. The smallest absolute Gasteiger partial charge is 0.501 e. The molecular formula is C35H26N6OPt. The van der Waals surface area contributed by atoms with E-state index in [4.69, 9.17) is 14.7 Å². The molecule has 0 saturated heterocycles. The van der Waals surface area contributed by atoms with E-state index in [1.165, 1.54) is 0 Å². The van der Waals surface area contributed by atoms with Crippen molar-refractivity contribution >= 4 is 49.4 Å². The van der Waals surface area contributed by atoms with Crippen molar-refractivity contribution < 1.29 is 25.8 Å². The Morgan fingerprint density at radius 1 is 0.767 bits per heavy atom. The Labute approximate surface area is 262 Å². The van der Waals surface area contributed by atoms with Crippen LogP contribution in [-0.4, -0.2) is 29.1 Å². The molecule has 5 heterocycles. The molecule has 7 nitrogen and oxygen atoms in total. The zero-order valence-corrected chi connectivity index (χ0v) is 26.3. The molecule has 212 valence electrons. The standard InChI is InChI=1S/C35H26N6O.Pt/c1-21-30(19-26-32(38-21)25-11-6-7-13-28(25)40-20-37-39-34(26)40)42-31-18-22(15-16-27(31)35(2,3)4)41-29-14-8-5-10-23(29)24-12-9-17-36-33(24)41;/h5-17,20H,1-4H3;/q-2;+2. The minimum absolute atomic E-state index is 0. The summed E-state index contributed by atoms with van der Waals surface area (Å²) < 4.78 is 10.8. The summed E-state index contributed by atoms with van der Waals surface area (Å²) >= 11 is 0. The molecule has 0 fully saturated rings. The van der Waals surface area contributed by atoms with E-state index in [-0.39, 0.29) is 26.5 Å². The van der Waals surface area contributed by atoms with Gasteiger partial charge in [-0.1, -0.05) is 86.6 Å². The number of benzene rings is 3. The van der Waals surface area contributed by atoms with Crippen LogP contribution in [0.5, 0.6) is 11.5 Å². The van der Waals surface area contributed by atoms with Gasteiger partial charge in [-0.05, 0) is 40.9 Å². The van der Waals surface area contributed by atoms with Gasteiger partial charge in [0.2, 0.25) is 0 Å². The SMILES string of the molecule is Cc1nc2c([c-]c1Oc1[c-]c(-n3c4ccccc4c4cccnc43)ccc1C(C)(C)C)c1nncn1c1ccccc21.[Pt+2]. The van der Waals surface area contributed by atoms with Gasteiger partial charge in [-0.25, -0.2) is 4.98 Å². The van der Waals surface area contributed by atoms with Gasteiger partial charge in [-0.3, -0.25) is 0 Å². The average Bonchev–Trinajstić information content (AvgIpc) is 3.61. The fourth-order valence-corrected chi connectivity index (χ4v) is 5.87. The van der Waals surface area contributed by atoms with Crippen LogP contribution in [0, 0.1) is 19.1 Å². The van der Waals surface area contributed by atoms with E-state index in [9.17, 15) is 0 Å². The molecular weight excluding hydrogens is 716 g/mol. The van der Waals surface area contributed by atoms with Crippen LogP contribution in [-0.2, 0) is 26.5 Å². The van der Waals surface area contributed by atoms with E-state index in [1.807, 2.05) is 47.9 Å². The monoisotopic (exact) mass is 741 g/mol. The number of pyridine rings is 3. The predicted molar refractivity (Wildman–Crippen MR) is 166 cm³/mol. The van der Waals surface area contributed by atoms with Crippen molar-refractivity contribution in [1.82, 2.24) is 29.1 Å². The third kappa shape index (κ3) is 4.22. The van der Waals surface area contributed by atoms with E-state index in [1.54, 1.807) is 6.33 Å². The second kappa shape index (κ2) is 9.99.